The molecule has 1 aliphatic rings. The molecule has 16 heavy (non-hydrogen) atoms. The summed E-state index contributed by atoms with van der Waals surface area (Å²) < 4.78 is 13.1. The molecule has 1 aromatic carbocycles. The number of benzene rings is 1. The Bertz CT molecular complexity index is 364. The van der Waals surface area contributed by atoms with Gasteiger partial charge in [-0.05, 0) is 50.0 Å². The van der Waals surface area contributed by atoms with E-state index in [1.807, 2.05) is 0 Å². The predicted octanol–water partition coefficient (Wildman–Crippen LogP) is 1.44. The van der Waals surface area contributed by atoms with Crippen LogP contribution in [0.5, 0.6) is 0 Å². The van der Waals surface area contributed by atoms with Crippen LogP contribution in [0.4, 0.5) is 10.1 Å². The fraction of sp³-hybridized carbons (Fsp3) is 0.500. The van der Waals surface area contributed by atoms with Gasteiger partial charge in [-0.25, -0.2) is 4.39 Å². The van der Waals surface area contributed by atoms with E-state index in [1.165, 1.54) is 18.2 Å². The van der Waals surface area contributed by atoms with Crippen molar-refractivity contribution < 1.29 is 9.50 Å². The molecule has 1 aromatic rings. The first-order chi connectivity index (χ1) is 7.68. The Balaban J connectivity index is 2.18. The quantitative estimate of drug-likeness (QED) is 0.666. The minimum atomic E-state index is -0.655. The largest absolute Gasteiger partial charge is 0.398 e. The van der Waals surface area contributed by atoms with Crippen LogP contribution in [-0.4, -0.2) is 18.2 Å². The third-order valence-electron chi connectivity index (χ3n) is 3.20. The number of halogens is 1. The zero-order valence-electron chi connectivity index (χ0n) is 9.12. The molecule has 1 saturated heterocycles. The molecule has 0 aliphatic carbocycles. The van der Waals surface area contributed by atoms with Crippen LogP contribution in [0.25, 0.3) is 0 Å². The molecule has 4 N–H and O–H groups in total. The summed E-state index contributed by atoms with van der Waals surface area (Å²) in [7, 11) is 0. The number of piperidine rings is 1. The summed E-state index contributed by atoms with van der Waals surface area (Å²) in [5.74, 6) is -0.178. The molecular formula is C12H17FN2O. The summed E-state index contributed by atoms with van der Waals surface area (Å²) in [4.78, 5) is 0. The monoisotopic (exact) mass is 224 g/mol. The molecule has 1 heterocycles. The molecule has 0 saturated carbocycles. The van der Waals surface area contributed by atoms with Gasteiger partial charge in [-0.15, -0.1) is 0 Å². The molecule has 4 heteroatoms. The van der Waals surface area contributed by atoms with Gasteiger partial charge in [0.15, 0.2) is 0 Å². The van der Waals surface area contributed by atoms with E-state index in [2.05, 4.69) is 5.32 Å². The molecule has 2 rings (SSSR count). The molecule has 0 aromatic heterocycles. The standard InChI is InChI=1S/C12H17FN2O/c13-9-1-2-11(14)10(7-9)12(16)8-3-5-15-6-4-8/h1-2,7-8,12,15-16H,3-6,14H2. The van der Waals surface area contributed by atoms with Crippen LogP contribution in [0.15, 0.2) is 18.2 Å². The van der Waals surface area contributed by atoms with Crippen molar-refractivity contribution in [2.75, 3.05) is 18.8 Å². The van der Waals surface area contributed by atoms with Crippen LogP contribution < -0.4 is 11.1 Å². The minimum Gasteiger partial charge on any atom is -0.398 e. The Kier molecular flexibility index (Phi) is 3.41. The van der Waals surface area contributed by atoms with E-state index >= 15 is 0 Å². The Morgan fingerprint density at radius 1 is 1.38 bits per heavy atom. The van der Waals surface area contributed by atoms with Crippen molar-refractivity contribution in [1.82, 2.24) is 5.32 Å². The molecule has 3 nitrogen and oxygen atoms in total. The average molecular weight is 224 g/mol. The van der Waals surface area contributed by atoms with E-state index in [0.29, 0.717) is 11.3 Å². The van der Waals surface area contributed by atoms with Gasteiger partial charge in [-0.2, -0.15) is 0 Å². The normalized spacial score (nSPS) is 19.6. The first-order valence-corrected chi connectivity index (χ1v) is 5.62. The maximum atomic E-state index is 13.1. The zero-order chi connectivity index (χ0) is 11.5. The fourth-order valence-corrected chi connectivity index (χ4v) is 2.22. The number of hydrogen-bond donors (Lipinski definition) is 3. The molecule has 0 bridgehead atoms. The average Bonchev–Trinajstić information content (AvgIpc) is 2.32. The van der Waals surface area contributed by atoms with Crippen LogP contribution in [0, 0.1) is 11.7 Å². The highest BCUT2D eigenvalue weighted by molar-refractivity contribution is 5.48. The minimum absolute atomic E-state index is 0.172. The van der Waals surface area contributed by atoms with Crippen LogP contribution in [-0.2, 0) is 0 Å². The Labute approximate surface area is 94.5 Å². The molecule has 1 fully saturated rings. The van der Waals surface area contributed by atoms with Gasteiger partial charge in [-0.3, -0.25) is 0 Å². The fourth-order valence-electron chi connectivity index (χ4n) is 2.22. The van der Waals surface area contributed by atoms with Gasteiger partial charge < -0.3 is 16.2 Å². The lowest BCUT2D eigenvalue weighted by atomic mass is 9.87. The van der Waals surface area contributed by atoms with Gasteiger partial charge in [0.05, 0.1) is 6.10 Å². The van der Waals surface area contributed by atoms with Crippen LogP contribution in [0.2, 0.25) is 0 Å². The van der Waals surface area contributed by atoms with E-state index < -0.39 is 6.10 Å². The summed E-state index contributed by atoms with van der Waals surface area (Å²) in [5.41, 5.74) is 6.74. The second-order valence-electron chi connectivity index (χ2n) is 4.31. The van der Waals surface area contributed by atoms with Crippen molar-refractivity contribution in [1.29, 1.82) is 0 Å². The molecule has 0 spiro atoms. The maximum absolute atomic E-state index is 13.1. The van der Waals surface area contributed by atoms with Gasteiger partial charge in [0.2, 0.25) is 0 Å². The highest BCUT2D eigenvalue weighted by Gasteiger charge is 2.24. The lowest BCUT2D eigenvalue weighted by molar-refractivity contribution is 0.0893. The molecule has 88 valence electrons. The molecule has 1 aliphatic heterocycles. The number of nitrogens with one attached hydrogen (secondary N) is 1. The lowest BCUT2D eigenvalue weighted by Crippen LogP contribution is -2.31. The number of nitrogens with two attached hydrogens (primary N) is 1. The highest BCUT2D eigenvalue weighted by atomic mass is 19.1. The number of aliphatic hydroxyl groups excluding tert-OH is 1. The highest BCUT2D eigenvalue weighted by Crippen LogP contribution is 2.32. The first kappa shape index (κ1) is 11.4. The van der Waals surface area contributed by atoms with Gasteiger partial charge in [-0.1, -0.05) is 0 Å². The van der Waals surface area contributed by atoms with Gasteiger partial charge in [0.1, 0.15) is 5.82 Å². The molecule has 0 radical (unpaired) electrons. The summed E-state index contributed by atoms with van der Waals surface area (Å²) >= 11 is 0. The van der Waals surface area contributed by atoms with Crippen molar-refractivity contribution in [3.63, 3.8) is 0 Å². The van der Waals surface area contributed by atoms with E-state index in [4.69, 9.17) is 5.73 Å². The number of rotatable bonds is 2. The van der Waals surface area contributed by atoms with Gasteiger partial charge in [0.25, 0.3) is 0 Å². The zero-order valence-corrected chi connectivity index (χ0v) is 9.12. The van der Waals surface area contributed by atoms with Crippen LogP contribution >= 0.6 is 0 Å². The topological polar surface area (TPSA) is 58.3 Å². The van der Waals surface area contributed by atoms with Crippen molar-refractivity contribution in [2.45, 2.75) is 18.9 Å². The first-order valence-electron chi connectivity index (χ1n) is 5.62. The lowest BCUT2D eigenvalue weighted by Gasteiger charge is -2.28. The van der Waals surface area contributed by atoms with Crippen LogP contribution in [0.1, 0.15) is 24.5 Å². The van der Waals surface area contributed by atoms with Crippen molar-refractivity contribution in [3.05, 3.63) is 29.6 Å². The number of hydrogen-bond acceptors (Lipinski definition) is 3. The molecule has 1 atom stereocenters. The summed E-state index contributed by atoms with van der Waals surface area (Å²) in [6.07, 6.45) is 1.15. The second-order valence-corrected chi connectivity index (χ2v) is 4.31. The summed E-state index contributed by atoms with van der Waals surface area (Å²) in [6, 6.07) is 4.16. The summed E-state index contributed by atoms with van der Waals surface area (Å²) in [5, 5.41) is 13.4. The summed E-state index contributed by atoms with van der Waals surface area (Å²) in [6.45, 7) is 1.80. The van der Waals surface area contributed by atoms with Crippen molar-refractivity contribution >= 4 is 5.69 Å². The third kappa shape index (κ3) is 2.33. The van der Waals surface area contributed by atoms with Crippen molar-refractivity contribution in [2.24, 2.45) is 5.92 Å². The second kappa shape index (κ2) is 4.80. The smallest absolute Gasteiger partial charge is 0.123 e. The molecule has 0 amide bonds. The number of aliphatic hydroxyl groups is 1. The number of nitrogen functional groups attached to an aromatic ring is 1. The van der Waals surface area contributed by atoms with E-state index in [1.54, 1.807) is 0 Å². The van der Waals surface area contributed by atoms with E-state index in [9.17, 15) is 9.50 Å². The van der Waals surface area contributed by atoms with Crippen LogP contribution in [0.3, 0.4) is 0 Å². The van der Waals surface area contributed by atoms with E-state index in [-0.39, 0.29) is 11.7 Å². The SMILES string of the molecule is Nc1ccc(F)cc1C(O)C1CCNCC1. The number of anilines is 1. The maximum Gasteiger partial charge on any atom is 0.123 e. The van der Waals surface area contributed by atoms with E-state index in [0.717, 1.165) is 25.9 Å². The Morgan fingerprint density at radius 3 is 2.75 bits per heavy atom. The Morgan fingerprint density at radius 2 is 2.06 bits per heavy atom. The van der Waals surface area contributed by atoms with Crippen molar-refractivity contribution in [3.8, 4) is 0 Å². The third-order valence-corrected chi connectivity index (χ3v) is 3.20. The molecular weight excluding hydrogens is 207 g/mol. The Hall–Kier alpha value is -1.13. The molecule has 1 unspecified atom stereocenters. The van der Waals surface area contributed by atoms with Gasteiger partial charge >= 0.3 is 0 Å². The predicted molar refractivity (Wildman–Crippen MR) is 61.4 cm³/mol. The van der Waals surface area contributed by atoms with Gasteiger partial charge in [0, 0.05) is 11.3 Å².